The highest BCUT2D eigenvalue weighted by atomic mass is 19.2. The van der Waals surface area contributed by atoms with E-state index >= 15 is 0 Å². The van der Waals surface area contributed by atoms with E-state index in [4.69, 9.17) is 9.47 Å². The maximum absolute atomic E-state index is 14.7. The first-order valence-corrected chi connectivity index (χ1v) is 11.7. The van der Waals surface area contributed by atoms with Crippen LogP contribution >= 0.6 is 0 Å². The van der Waals surface area contributed by atoms with Gasteiger partial charge in [0.2, 0.25) is 5.82 Å². The Labute approximate surface area is 199 Å². The van der Waals surface area contributed by atoms with Gasteiger partial charge < -0.3 is 9.47 Å². The molecule has 0 spiro atoms. The Bertz CT molecular complexity index is 1130. The van der Waals surface area contributed by atoms with Crippen LogP contribution in [0, 0.1) is 23.4 Å². The van der Waals surface area contributed by atoms with E-state index in [-0.39, 0.29) is 30.6 Å². The fourth-order valence-electron chi connectivity index (χ4n) is 4.45. The fourth-order valence-corrected chi connectivity index (χ4v) is 4.45. The molecule has 0 aliphatic heterocycles. The zero-order chi connectivity index (χ0) is 24.1. The number of benzene rings is 3. The van der Waals surface area contributed by atoms with Crippen LogP contribution in [0.2, 0.25) is 0 Å². The predicted molar refractivity (Wildman–Crippen MR) is 129 cm³/mol. The smallest absolute Gasteiger partial charge is 0.200 e. The van der Waals surface area contributed by atoms with Gasteiger partial charge in [-0.15, -0.1) is 0 Å². The zero-order valence-electron chi connectivity index (χ0n) is 19.3. The molecule has 2 nitrogen and oxygen atoms in total. The van der Waals surface area contributed by atoms with Crippen LogP contribution in [0.5, 0.6) is 11.5 Å². The molecule has 3 aromatic carbocycles. The topological polar surface area (TPSA) is 18.5 Å². The van der Waals surface area contributed by atoms with Crippen molar-refractivity contribution < 1.29 is 22.6 Å². The van der Waals surface area contributed by atoms with Crippen molar-refractivity contribution in [2.24, 2.45) is 5.92 Å². The molecule has 0 amide bonds. The molecule has 1 aliphatic rings. The van der Waals surface area contributed by atoms with Crippen molar-refractivity contribution in [3.05, 3.63) is 95.8 Å². The van der Waals surface area contributed by atoms with Crippen molar-refractivity contribution in [3.8, 4) is 22.6 Å². The third-order valence-corrected chi connectivity index (χ3v) is 6.50. The molecule has 0 heterocycles. The summed E-state index contributed by atoms with van der Waals surface area (Å²) in [5, 5.41) is 0. The van der Waals surface area contributed by atoms with E-state index in [9.17, 15) is 13.2 Å². The lowest BCUT2D eigenvalue weighted by atomic mass is 9.79. The third kappa shape index (κ3) is 5.46. The average Bonchev–Trinajstić information content (AvgIpc) is 2.85. The summed E-state index contributed by atoms with van der Waals surface area (Å²) in [6.07, 6.45) is 5.41. The summed E-state index contributed by atoms with van der Waals surface area (Å²) in [5.74, 6) is -1.38. The molecule has 5 heteroatoms. The summed E-state index contributed by atoms with van der Waals surface area (Å²) in [6.45, 7) is 6.08. The molecule has 3 aromatic rings. The van der Waals surface area contributed by atoms with Crippen LogP contribution in [0.15, 0.2) is 67.3 Å². The molecule has 0 atom stereocenters. The largest absolute Gasteiger partial charge is 0.486 e. The molecule has 1 aliphatic carbocycles. The summed E-state index contributed by atoms with van der Waals surface area (Å²) in [5.41, 5.74) is 2.77. The van der Waals surface area contributed by atoms with E-state index in [2.05, 4.69) is 13.5 Å². The highest BCUT2D eigenvalue weighted by molar-refractivity contribution is 5.64. The van der Waals surface area contributed by atoms with E-state index < -0.39 is 17.5 Å². The Morgan fingerprint density at radius 1 is 0.824 bits per heavy atom. The number of halogens is 3. The van der Waals surface area contributed by atoms with Crippen LogP contribution in [0.3, 0.4) is 0 Å². The highest BCUT2D eigenvalue weighted by Crippen LogP contribution is 2.38. The maximum atomic E-state index is 14.7. The van der Waals surface area contributed by atoms with Gasteiger partial charge in [0.1, 0.15) is 13.2 Å². The summed E-state index contributed by atoms with van der Waals surface area (Å²) in [7, 11) is 0. The summed E-state index contributed by atoms with van der Waals surface area (Å²) < 4.78 is 54.5. The minimum atomic E-state index is -0.929. The maximum Gasteiger partial charge on any atom is 0.200 e. The lowest BCUT2D eigenvalue weighted by molar-refractivity contribution is 0.282. The van der Waals surface area contributed by atoms with Gasteiger partial charge in [-0.1, -0.05) is 68.8 Å². The second kappa shape index (κ2) is 10.8. The van der Waals surface area contributed by atoms with E-state index in [0.29, 0.717) is 17.0 Å². The monoisotopic (exact) mass is 466 g/mol. The number of ether oxygens (including phenoxy) is 2. The van der Waals surface area contributed by atoms with E-state index in [1.54, 1.807) is 24.3 Å². The normalized spacial score (nSPS) is 17.9. The first-order chi connectivity index (χ1) is 16.5. The van der Waals surface area contributed by atoms with Gasteiger partial charge in [-0.3, -0.25) is 0 Å². The minimum Gasteiger partial charge on any atom is -0.486 e. The van der Waals surface area contributed by atoms with Crippen LogP contribution < -0.4 is 9.47 Å². The summed E-state index contributed by atoms with van der Waals surface area (Å²) in [6, 6.07) is 15.3. The lowest BCUT2D eigenvalue weighted by Crippen LogP contribution is -2.13. The Balaban J connectivity index is 1.40. The van der Waals surface area contributed by atoms with E-state index in [1.807, 2.05) is 24.3 Å². The van der Waals surface area contributed by atoms with Crippen molar-refractivity contribution in [2.75, 3.05) is 6.61 Å². The van der Waals surface area contributed by atoms with Crippen LogP contribution in [-0.4, -0.2) is 6.61 Å². The van der Waals surface area contributed by atoms with Gasteiger partial charge in [-0.25, -0.2) is 8.78 Å². The van der Waals surface area contributed by atoms with Gasteiger partial charge in [-0.05, 0) is 65.1 Å². The fraction of sp³-hybridized carbons (Fsp3) is 0.310. The Kier molecular flexibility index (Phi) is 7.61. The van der Waals surface area contributed by atoms with Crippen LogP contribution in [0.25, 0.3) is 11.1 Å². The SMILES string of the molecule is C=CCOc1ccc(-c2ccc(COc3ccc(C4CCC(C)CC4)c(F)c3F)cc2)cc1F. The molecule has 0 radical (unpaired) electrons. The zero-order valence-corrected chi connectivity index (χ0v) is 19.3. The van der Waals surface area contributed by atoms with Gasteiger partial charge in [0.15, 0.2) is 23.1 Å². The van der Waals surface area contributed by atoms with Crippen molar-refractivity contribution in [1.82, 2.24) is 0 Å². The second-order valence-electron chi connectivity index (χ2n) is 8.97. The first-order valence-electron chi connectivity index (χ1n) is 11.7. The van der Waals surface area contributed by atoms with Gasteiger partial charge in [0.25, 0.3) is 0 Å². The van der Waals surface area contributed by atoms with E-state index in [0.717, 1.165) is 36.8 Å². The van der Waals surface area contributed by atoms with Crippen LogP contribution in [-0.2, 0) is 6.61 Å². The lowest BCUT2D eigenvalue weighted by Gasteiger charge is -2.27. The molecular weight excluding hydrogens is 437 g/mol. The molecule has 0 aromatic heterocycles. The predicted octanol–water partition coefficient (Wildman–Crippen LogP) is 8.21. The molecular formula is C29H29F3O2. The first kappa shape index (κ1) is 23.9. The average molecular weight is 467 g/mol. The molecule has 0 saturated heterocycles. The molecule has 0 unspecified atom stereocenters. The quantitative estimate of drug-likeness (QED) is 0.312. The molecule has 0 bridgehead atoms. The summed E-state index contributed by atoms with van der Waals surface area (Å²) in [4.78, 5) is 0. The molecule has 1 fully saturated rings. The van der Waals surface area contributed by atoms with Crippen LogP contribution in [0.4, 0.5) is 13.2 Å². The molecule has 178 valence electrons. The second-order valence-corrected chi connectivity index (χ2v) is 8.97. The van der Waals surface area contributed by atoms with Crippen LogP contribution in [0.1, 0.15) is 49.7 Å². The number of hydrogen-bond acceptors (Lipinski definition) is 2. The van der Waals surface area contributed by atoms with Crippen molar-refractivity contribution in [1.29, 1.82) is 0 Å². The van der Waals surface area contributed by atoms with Gasteiger partial charge in [-0.2, -0.15) is 4.39 Å². The highest BCUT2D eigenvalue weighted by Gasteiger charge is 2.25. The molecule has 0 N–H and O–H groups in total. The minimum absolute atomic E-state index is 0.0692. The Hall–Kier alpha value is -3.21. The molecule has 1 saturated carbocycles. The molecule has 4 rings (SSSR count). The standard InChI is InChI=1S/C29H29F3O2/c1-3-16-33-26-14-12-23(17-25(26)30)21-10-6-20(7-11-21)18-34-27-15-13-24(28(31)29(27)32)22-8-4-19(2)5-9-22/h3,6-7,10-15,17,19,22H,1,4-5,8-9,16,18H2,2H3. The van der Waals surface area contributed by atoms with Gasteiger partial charge in [0, 0.05) is 0 Å². The van der Waals surface area contributed by atoms with Gasteiger partial charge in [0.05, 0.1) is 0 Å². The van der Waals surface area contributed by atoms with Crippen molar-refractivity contribution in [2.45, 2.75) is 45.1 Å². The Morgan fingerprint density at radius 2 is 1.50 bits per heavy atom. The number of rotatable bonds is 8. The number of hydrogen-bond donors (Lipinski definition) is 0. The summed E-state index contributed by atoms with van der Waals surface area (Å²) >= 11 is 0. The van der Waals surface area contributed by atoms with E-state index in [1.165, 1.54) is 12.1 Å². The third-order valence-electron chi connectivity index (χ3n) is 6.50. The van der Waals surface area contributed by atoms with Crippen molar-refractivity contribution >= 4 is 0 Å². The van der Waals surface area contributed by atoms with Crippen molar-refractivity contribution in [3.63, 3.8) is 0 Å². The van der Waals surface area contributed by atoms with Gasteiger partial charge >= 0.3 is 0 Å². The molecule has 34 heavy (non-hydrogen) atoms. The Morgan fingerprint density at radius 3 is 2.18 bits per heavy atom.